The van der Waals surface area contributed by atoms with Crippen LogP contribution in [0.25, 0.3) is 0 Å². The highest BCUT2D eigenvalue weighted by Gasteiger charge is 2.45. The Balaban J connectivity index is 2.04. The summed E-state index contributed by atoms with van der Waals surface area (Å²) >= 11 is 0. The molecule has 102 valence electrons. The quantitative estimate of drug-likeness (QED) is 0.310. The van der Waals surface area contributed by atoms with E-state index >= 15 is 0 Å². The fourth-order valence-corrected chi connectivity index (χ4v) is 3.24. The van der Waals surface area contributed by atoms with E-state index in [4.69, 9.17) is 10.9 Å². The van der Waals surface area contributed by atoms with Gasteiger partial charge in [0, 0.05) is 6.04 Å². The summed E-state index contributed by atoms with van der Waals surface area (Å²) in [6.45, 7) is 0. The van der Waals surface area contributed by atoms with E-state index in [1.54, 1.807) is 0 Å². The van der Waals surface area contributed by atoms with Gasteiger partial charge in [-0.25, -0.2) is 0 Å². The molecule has 18 heavy (non-hydrogen) atoms. The predicted octanol–water partition coefficient (Wildman–Crippen LogP) is 1.74. The molecular formula is C13H23N3O2. The van der Waals surface area contributed by atoms with Crippen LogP contribution in [0.5, 0.6) is 0 Å². The third-order valence-electron chi connectivity index (χ3n) is 4.43. The van der Waals surface area contributed by atoms with Gasteiger partial charge in [0.2, 0.25) is 5.91 Å². The number of amides is 1. The van der Waals surface area contributed by atoms with Gasteiger partial charge in [0.05, 0.1) is 0 Å². The molecule has 2 aliphatic carbocycles. The van der Waals surface area contributed by atoms with Gasteiger partial charge in [0.1, 0.15) is 5.41 Å². The number of oxime groups is 1. The van der Waals surface area contributed by atoms with E-state index in [2.05, 4.69) is 10.5 Å². The van der Waals surface area contributed by atoms with Gasteiger partial charge in [0.25, 0.3) is 0 Å². The van der Waals surface area contributed by atoms with Gasteiger partial charge in [0.15, 0.2) is 5.84 Å². The minimum atomic E-state index is -0.758. The van der Waals surface area contributed by atoms with Crippen molar-refractivity contribution >= 4 is 11.7 Å². The topological polar surface area (TPSA) is 87.7 Å². The smallest absolute Gasteiger partial charge is 0.234 e. The molecule has 2 saturated carbocycles. The van der Waals surface area contributed by atoms with Gasteiger partial charge in [-0.15, -0.1) is 0 Å². The molecule has 0 aromatic carbocycles. The van der Waals surface area contributed by atoms with Gasteiger partial charge in [-0.05, 0) is 25.7 Å². The van der Waals surface area contributed by atoms with Crippen molar-refractivity contribution in [1.29, 1.82) is 0 Å². The van der Waals surface area contributed by atoms with Crippen molar-refractivity contribution < 1.29 is 10.0 Å². The second-order valence-electron chi connectivity index (χ2n) is 5.58. The molecule has 0 aromatic rings. The van der Waals surface area contributed by atoms with E-state index in [1.165, 1.54) is 19.3 Å². The second kappa shape index (κ2) is 5.59. The first-order valence-corrected chi connectivity index (χ1v) is 6.98. The molecule has 0 aliphatic heterocycles. The summed E-state index contributed by atoms with van der Waals surface area (Å²) in [6, 6.07) is 0.273. The normalized spacial score (nSPS) is 25.0. The van der Waals surface area contributed by atoms with Gasteiger partial charge >= 0.3 is 0 Å². The summed E-state index contributed by atoms with van der Waals surface area (Å²) in [6.07, 6.45) is 9.06. The van der Waals surface area contributed by atoms with Crippen molar-refractivity contribution in [3.8, 4) is 0 Å². The van der Waals surface area contributed by atoms with Gasteiger partial charge in [-0.2, -0.15) is 0 Å². The maximum absolute atomic E-state index is 12.5. The average molecular weight is 253 g/mol. The van der Waals surface area contributed by atoms with Crippen LogP contribution in [0.4, 0.5) is 0 Å². The zero-order valence-corrected chi connectivity index (χ0v) is 10.8. The van der Waals surface area contributed by atoms with E-state index in [9.17, 15) is 4.79 Å². The predicted molar refractivity (Wildman–Crippen MR) is 69.3 cm³/mol. The molecule has 5 nitrogen and oxygen atoms in total. The van der Waals surface area contributed by atoms with E-state index in [0.717, 1.165) is 25.7 Å². The molecule has 4 N–H and O–H groups in total. The number of rotatable bonds is 3. The fourth-order valence-electron chi connectivity index (χ4n) is 3.24. The molecule has 2 aliphatic rings. The molecule has 1 amide bonds. The molecule has 2 rings (SSSR count). The lowest BCUT2D eigenvalue weighted by atomic mass is 9.83. The summed E-state index contributed by atoms with van der Waals surface area (Å²) in [7, 11) is 0. The largest absolute Gasteiger partial charge is 0.409 e. The Morgan fingerprint density at radius 2 is 1.78 bits per heavy atom. The molecule has 0 atom stereocenters. The lowest BCUT2D eigenvalue weighted by Crippen LogP contribution is -2.51. The van der Waals surface area contributed by atoms with Crippen LogP contribution >= 0.6 is 0 Å². The highest BCUT2D eigenvalue weighted by Crippen LogP contribution is 2.39. The maximum atomic E-state index is 12.5. The third-order valence-corrected chi connectivity index (χ3v) is 4.43. The standard InChI is InChI=1S/C13H23N3O2/c14-11(16-18)13(8-4-5-9-13)12(17)15-10-6-2-1-3-7-10/h10,18H,1-9H2,(H2,14,16)(H,15,17). The zero-order valence-electron chi connectivity index (χ0n) is 10.8. The van der Waals surface area contributed by atoms with Crippen LogP contribution in [0.2, 0.25) is 0 Å². The fraction of sp³-hybridized carbons (Fsp3) is 0.846. The van der Waals surface area contributed by atoms with Crippen LogP contribution in [0, 0.1) is 5.41 Å². The molecule has 0 spiro atoms. The lowest BCUT2D eigenvalue weighted by Gasteiger charge is -2.30. The van der Waals surface area contributed by atoms with Crippen LogP contribution in [0.1, 0.15) is 57.8 Å². The molecule has 0 heterocycles. The van der Waals surface area contributed by atoms with Crippen molar-refractivity contribution in [2.45, 2.75) is 63.8 Å². The molecule has 2 fully saturated rings. The Hall–Kier alpha value is -1.26. The first kappa shape index (κ1) is 13.2. The second-order valence-corrected chi connectivity index (χ2v) is 5.58. The molecule has 0 aromatic heterocycles. The number of nitrogens with two attached hydrogens (primary N) is 1. The van der Waals surface area contributed by atoms with E-state index < -0.39 is 5.41 Å². The molecule has 0 radical (unpaired) electrons. The Kier molecular flexibility index (Phi) is 4.09. The van der Waals surface area contributed by atoms with Crippen LogP contribution in [-0.4, -0.2) is 23.0 Å². The van der Waals surface area contributed by atoms with E-state index in [0.29, 0.717) is 12.8 Å². The Morgan fingerprint density at radius 1 is 1.17 bits per heavy atom. The Morgan fingerprint density at radius 3 is 2.33 bits per heavy atom. The monoisotopic (exact) mass is 253 g/mol. The lowest BCUT2D eigenvalue weighted by molar-refractivity contribution is -0.128. The van der Waals surface area contributed by atoms with Crippen LogP contribution in [0.15, 0.2) is 5.16 Å². The number of hydrogen-bond donors (Lipinski definition) is 3. The Bertz CT molecular complexity index is 329. The van der Waals surface area contributed by atoms with Crippen LogP contribution in [-0.2, 0) is 4.79 Å². The number of amidine groups is 1. The number of carbonyl (C=O) groups excluding carboxylic acids is 1. The number of nitrogens with zero attached hydrogens (tertiary/aromatic N) is 1. The Labute approximate surface area is 108 Å². The van der Waals surface area contributed by atoms with Crippen molar-refractivity contribution in [3.05, 3.63) is 0 Å². The van der Waals surface area contributed by atoms with Gasteiger partial charge < -0.3 is 16.3 Å². The number of carbonyl (C=O) groups is 1. The maximum Gasteiger partial charge on any atom is 0.234 e. The summed E-state index contributed by atoms with van der Waals surface area (Å²) in [5.41, 5.74) is 5.00. The summed E-state index contributed by atoms with van der Waals surface area (Å²) < 4.78 is 0. The van der Waals surface area contributed by atoms with E-state index in [1.807, 2.05) is 0 Å². The van der Waals surface area contributed by atoms with Gasteiger partial charge in [-0.3, -0.25) is 4.79 Å². The molecule has 0 unspecified atom stereocenters. The van der Waals surface area contributed by atoms with Crippen molar-refractivity contribution in [3.63, 3.8) is 0 Å². The minimum Gasteiger partial charge on any atom is -0.409 e. The highest BCUT2D eigenvalue weighted by atomic mass is 16.4. The first-order valence-electron chi connectivity index (χ1n) is 6.98. The molecular weight excluding hydrogens is 230 g/mol. The SMILES string of the molecule is NC(=NO)C1(C(=O)NC2CCCCC2)CCCC1. The van der Waals surface area contributed by atoms with Crippen LogP contribution < -0.4 is 11.1 Å². The van der Waals surface area contributed by atoms with Crippen LogP contribution in [0.3, 0.4) is 0 Å². The molecule has 0 saturated heterocycles. The zero-order chi connectivity index (χ0) is 13.0. The summed E-state index contributed by atoms with van der Waals surface area (Å²) in [5.74, 6) is 0.0375. The summed E-state index contributed by atoms with van der Waals surface area (Å²) in [5, 5.41) is 15.1. The van der Waals surface area contributed by atoms with E-state index in [-0.39, 0.29) is 17.8 Å². The number of nitrogens with one attached hydrogen (secondary N) is 1. The molecule has 0 bridgehead atoms. The number of hydrogen-bond acceptors (Lipinski definition) is 3. The first-order chi connectivity index (χ1) is 8.69. The average Bonchev–Trinajstić information content (AvgIpc) is 2.89. The van der Waals surface area contributed by atoms with Crippen molar-refractivity contribution in [2.75, 3.05) is 0 Å². The highest BCUT2D eigenvalue weighted by molar-refractivity contribution is 6.07. The summed E-state index contributed by atoms with van der Waals surface area (Å²) in [4.78, 5) is 12.5. The molecule has 5 heteroatoms. The van der Waals surface area contributed by atoms with Crippen molar-refractivity contribution in [2.24, 2.45) is 16.3 Å². The third kappa shape index (κ3) is 2.44. The van der Waals surface area contributed by atoms with Crippen molar-refractivity contribution in [1.82, 2.24) is 5.32 Å². The minimum absolute atomic E-state index is 0.0396. The van der Waals surface area contributed by atoms with Gasteiger partial charge in [-0.1, -0.05) is 37.3 Å².